The Morgan fingerprint density at radius 1 is 1.47 bits per heavy atom. The Labute approximate surface area is 104 Å². The van der Waals surface area contributed by atoms with Crippen LogP contribution in [0.25, 0.3) is 10.2 Å². The molecule has 0 atom stereocenters. The minimum Gasteiger partial charge on any atom is -0.390 e. The standard InChI is InChI=1S/C9H8ClF2N3OS/c10-8-14-6(13-3-9(11,12)4-16)5-1-2-17-7(5)15-8/h1-2,16H,3-4H2,(H,13,14,15). The summed E-state index contributed by atoms with van der Waals surface area (Å²) >= 11 is 7.01. The van der Waals surface area contributed by atoms with Gasteiger partial charge in [-0.05, 0) is 23.0 Å². The van der Waals surface area contributed by atoms with Crippen LogP contribution in [0.15, 0.2) is 11.4 Å². The summed E-state index contributed by atoms with van der Waals surface area (Å²) in [6.07, 6.45) is 0. The van der Waals surface area contributed by atoms with E-state index in [1.165, 1.54) is 11.3 Å². The quantitative estimate of drug-likeness (QED) is 0.844. The highest BCUT2D eigenvalue weighted by molar-refractivity contribution is 7.16. The highest BCUT2D eigenvalue weighted by atomic mass is 35.5. The Morgan fingerprint density at radius 2 is 2.24 bits per heavy atom. The van der Waals surface area contributed by atoms with Crippen LogP contribution in [-0.4, -0.2) is 34.1 Å². The molecule has 0 aliphatic carbocycles. The molecule has 2 rings (SSSR count). The van der Waals surface area contributed by atoms with Gasteiger partial charge in [0.2, 0.25) is 5.28 Å². The molecule has 0 spiro atoms. The van der Waals surface area contributed by atoms with Crippen molar-refractivity contribution in [1.82, 2.24) is 9.97 Å². The molecule has 0 radical (unpaired) electrons. The number of anilines is 1. The van der Waals surface area contributed by atoms with E-state index in [0.29, 0.717) is 10.2 Å². The van der Waals surface area contributed by atoms with Crippen LogP contribution in [0, 0.1) is 0 Å². The first-order valence-electron chi connectivity index (χ1n) is 4.65. The molecule has 92 valence electrons. The number of nitrogens with zero attached hydrogens (tertiary/aromatic N) is 2. The van der Waals surface area contributed by atoms with Gasteiger partial charge in [0.05, 0.1) is 11.9 Å². The number of alkyl halides is 2. The van der Waals surface area contributed by atoms with Crippen LogP contribution < -0.4 is 5.32 Å². The Kier molecular flexibility index (Phi) is 3.41. The molecule has 2 aromatic heterocycles. The predicted octanol–water partition coefficient (Wildman–Crippen LogP) is 2.38. The van der Waals surface area contributed by atoms with Gasteiger partial charge in [-0.3, -0.25) is 0 Å². The van der Waals surface area contributed by atoms with Crippen molar-refractivity contribution in [3.8, 4) is 0 Å². The summed E-state index contributed by atoms with van der Waals surface area (Å²) < 4.78 is 25.8. The number of nitrogens with one attached hydrogen (secondary N) is 1. The molecule has 0 bridgehead atoms. The van der Waals surface area contributed by atoms with Crippen molar-refractivity contribution in [2.45, 2.75) is 5.92 Å². The summed E-state index contributed by atoms with van der Waals surface area (Å²) in [6, 6.07) is 1.72. The fourth-order valence-corrected chi connectivity index (χ4v) is 2.22. The molecule has 0 saturated carbocycles. The number of aromatic nitrogens is 2. The van der Waals surface area contributed by atoms with E-state index in [9.17, 15) is 8.78 Å². The monoisotopic (exact) mass is 279 g/mol. The van der Waals surface area contributed by atoms with E-state index in [4.69, 9.17) is 16.7 Å². The van der Waals surface area contributed by atoms with Crippen molar-refractivity contribution in [3.05, 3.63) is 16.7 Å². The summed E-state index contributed by atoms with van der Waals surface area (Å²) in [5.41, 5.74) is 0. The SMILES string of the molecule is OCC(F)(F)CNc1nc(Cl)nc2sccc12. The van der Waals surface area contributed by atoms with E-state index in [2.05, 4.69) is 15.3 Å². The van der Waals surface area contributed by atoms with Crippen molar-refractivity contribution < 1.29 is 13.9 Å². The molecule has 0 unspecified atom stereocenters. The van der Waals surface area contributed by atoms with Crippen molar-refractivity contribution >= 4 is 39.0 Å². The second-order valence-electron chi connectivity index (χ2n) is 3.35. The van der Waals surface area contributed by atoms with Gasteiger partial charge in [-0.1, -0.05) is 0 Å². The third kappa shape index (κ3) is 2.80. The Bertz CT molecular complexity index is 534. The van der Waals surface area contributed by atoms with Crippen molar-refractivity contribution in [2.24, 2.45) is 0 Å². The molecule has 2 N–H and O–H groups in total. The minimum atomic E-state index is -3.19. The van der Waals surface area contributed by atoms with Crippen molar-refractivity contribution in [2.75, 3.05) is 18.5 Å². The second-order valence-corrected chi connectivity index (χ2v) is 4.58. The number of aliphatic hydroxyl groups is 1. The molecule has 0 saturated heterocycles. The molecule has 2 aromatic rings. The third-order valence-corrected chi connectivity index (χ3v) is 3.02. The summed E-state index contributed by atoms with van der Waals surface area (Å²) in [7, 11) is 0. The summed E-state index contributed by atoms with van der Waals surface area (Å²) in [5.74, 6) is -2.95. The van der Waals surface area contributed by atoms with Gasteiger partial charge in [0.1, 0.15) is 17.3 Å². The average Bonchev–Trinajstić information content (AvgIpc) is 2.73. The van der Waals surface area contributed by atoms with E-state index in [1.54, 1.807) is 11.4 Å². The highest BCUT2D eigenvalue weighted by Crippen LogP contribution is 2.27. The summed E-state index contributed by atoms with van der Waals surface area (Å²) in [5, 5.41) is 13.3. The van der Waals surface area contributed by atoms with Gasteiger partial charge < -0.3 is 10.4 Å². The molecule has 0 fully saturated rings. The molecule has 4 nitrogen and oxygen atoms in total. The second kappa shape index (κ2) is 4.67. The average molecular weight is 280 g/mol. The molecule has 8 heteroatoms. The lowest BCUT2D eigenvalue weighted by Crippen LogP contribution is -2.31. The van der Waals surface area contributed by atoms with Gasteiger partial charge in [0, 0.05) is 0 Å². The van der Waals surface area contributed by atoms with Crippen LogP contribution in [0.3, 0.4) is 0 Å². The van der Waals surface area contributed by atoms with E-state index >= 15 is 0 Å². The van der Waals surface area contributed by atoms with Gasteiger partial charge in [0.15, 0.2) is 0 Å². The Hall–Kier alpha value is -1.05. The van der Waals surface area contributed by atoms with Crippen molar-refractivity contribution in [3.63, 3.8) is 0 Å². The molecule has 0 aliphatic rings. The molecular formula is C9H8ClF2N3OS. The van der Waals surface area contributed by atoms with Crippen LogP contribution in [0.4, 0.5) is 14.6 Å². The number of rotatable bonds is 4. The van der Waals surface area contributed by atoms with Gasteiger partial charge in [0.25, 0.3) is 5.92 Å². The molecule has 0 amide bonds. The topological polar surface area (TPSA) is 58.0 Å². The number of aliphatic hydroxyl groups excluding tert-OH is 1. The first-order chi connectivity index (χ1) is 8.02. The van der Waals surface area contributed by atoms with E-state index < -0.39 is 19.1 Å². The van der Waals surface area contributed by atoms with Crippen molar-refractivity contribution in [1.29, 1.82) is 0 Å². The van der Waals surface area contributed by atoms with Crippen LogP contribution in [0.1, 0.15) is 0 Å². The fraction of sp³-hybridized carbons (Fsp3) is 0.333. The van der Waals surface area contributed by atoms with Crippen LogP contribution >= 0.6 is 22.9 Å². The first kappa shape index (κ1) is 12.4. The highest BCUT2D eigenvalue weighted by Gasteiger charge is 2.27. The summed E-state index contributed by atoms with van der Waals surface area (Å²) in [6.45, 7) is -1.92. The van der Waals surface area contributed by atoms with E-state index in [1.807, 2.05) is 0 Å². The Morgan fingerprint density at radius 3 is 2.94 bits per heavy atom. The molecule has 17 heavy (non-hydrogen) atoms. The largest absolute Gasteiger partial charge is 0.390 e. The molecule has 2 heterocycles. The van der Waals surface area contributed by atoms with E-state index in [0.717, 1.165) is 0 Å². The van der Waals surface area contributed by atoms with Gasteiger partial charge in [-0.15, -0.1) is 11.3 Å². The minimum absolute atomic E-state index is 0.00485. The lowest BCUT2D eigenvalue weighted by atomic mass is 10.3. The van der Waals surface area contributed by atoms with Gasteiger partial charge in [-0.25, -0.2) is 18.7 Å². The number of hydrogen-bond donors (Lipinski definition) is 2. The number of thiophene rings is 1. The number of fused-ring (bicyclic) bond motifs is 1. The zero-order valence-corrected chi connectivity index (χ0v) is 10.0. The predicted molar refractivity (Wildman–Crippen MR) is 62.9 cm³/mol. The summed E-state index contributed by atoms with van der Waals surface area (Å²) in [4.78, 5) is 8.43. The maximum absolute atomic E-state index is 12.9. The zero-order chi connectivity index (χ0) is 12.5. The maximum atomic E-state index is 12.9. The first-order valence-corrected chi connectivity index (χ1v) is 5.91. The molecular weight excluding hydrogens is 272 g/mol. The molecule has 0 aliphatic heterocycles. The van der Waals surface area contributed by atoms with Gasteiger partial charge >= 0.3 is 0 Å². The maximum Gasteiger partial charge on any atom is 0.287 e. The van der Waals surface area contributed by atoms with Crippen LogP contribution in [0.5, 0.6) is 0 Å². The smallest absolute Gasteiger partial charge is 0.287 e. The lowest BCUT2D eigenvalue weighted by molar-refractivity contribution is -0.0373. The van der Waals surface area contributed by atoms with E-state index in [-0.39, 0.29) is 11.1 Å². The van der Waals surface area contributed by atoms with Crippen LogP contribution in [-0.2, 0) is 0 Å². The third-order valence-electron chi connectivity index (χ3n) is 2.04. The van der Waals surface area contributed by atoms with Gasteiger partial charge in [-0.2, -0.15) is 0 Å². The lowest BCUT2D eigenvalue weighted by Gasteiger charge is -2.14. The zero-order valence-electron chi connectivity index (χ0n) is 8.45. The van der Waals surface area contributed by atoms with Crippen LogP contribution in [0.2, 0.25) is 5.28 Å². The normalized spacial score (nSPS) is 12.0. The Balaban J connectivity index is 2.26. The fourth-order valence-electron chi connectivity index (χ4n) is 1.23. The number of halogens is 3. The number of hydrogen-bond acceptors (Lipinski definition) is 5. The molecule has 0 aromatic carbocycles.